The number of nitrogens with one attached hydrogen (secondary N) is 1. The summed E-state index contributed by atoms with van der Waals surface area (Å²) < 4.78 is 7.54. The Balaban J connectivity index is 1.64. The van der Waals surface area contributed by atoms with Gasteiger partial charge in [-0.1, -0.05) is 66.7 Å². The maximum Gasteiger partial charge on any atom is 0.234 e. The van der Waals surface area contributed by atoms with Gasteiger partial charge in [-0.3, -0.25) is 9.36 Å². The van der Waals surface area contributed by atoms with Crippen LogP contribution in [0.2, 0.25) is 0 Å². The van der Waals surface area contributed by atoms with Crippen molar-refractivity contribution < 1.29 is 9.53 Å². The van der Waals surface area contributed by atoms with Gasteiger partial charge in [-0.2, -0.15) is 0 Å². The molecule has 0 saturated heterocycles. The molecule has 0 unspecified atom stereocenters. The first-order chi connectivity index (χ1) is 16.5. The summed E-state index contributed by atoms with van der Waals surface area (Å²) in [4.78, 5) is 12.9. The molecule has 1 N–H and O–H groups in total. The van der Waals surface area contributed by atoms with Crippen LogP contribution in [0.5, 0.6) is 5.75 Å². The molecule has 0 saturated carbocycles. The number of anilines is 1. The van der Waals surface area contributed by atoms with Gasteiger partial charge in [0.15, 0.2) is 11.0 Å². The molecule has 0 spiro atoms. The van der Waals surface area contributed by atoms with E-state index in [4.69, 9.17) is 4.74 Å². The molecule has 0 radical (unpaired) electrons. The number of carbonyl (C=O) groups excluding carboxylic acids is 1. The van der Waals surface area contributed by atoms with Crippen LogP contribution in [0, 0.1) is 13.8 Å². The van der Waals surface area contributed by atoms with Crippen molar-refractivity contribution in [1.29, 1.82) is 0 Å². The van der Waals surface area contributed by atoms with Crippen molar-refractivity contribution in [2.45, 2.75) is 32.3 Å². The Morgan fingerprint density at radius 1 is 1.00 bits per heavy atom. The summed E-state index contributed by atoms with van der Waals surface area (Å²) in [5, 5.41) is 12.6. The molecular weight excluding hydrogens is 444 g/mol. The first kappa shape index (κ1) is 23.6. The summed E-state index contributed by atoms with van der Waals surface area (Å²) >= 11 is 1.36. The first-order valence-corrected chi connectivity index (χ1v) is 12.2. The van der Waals surface area contributed by atoms with E-state index in [0.717, 1.165) is 40.0 Å². The summed E-state index contributed by atoms with van der Waals surface area (Å²) in [6, 6.07) is 22.0. The number of methoxy groups -OCH3 is 1. The van der Waals surface area contributed by atoms with Crippen molar-refractivity contribution in [3.05, 3.63) is 83.4 Å². The Morgan fingerprint density at radius 2 is 1.76 bits per heavy atom. The number of aryl methyl sites for hydroxylation is 3. The van der Waals surface area contributed by atoms with E-state index in [2.05, 4.69) is 22.4 Å². The van der Waals surface area contributed by atoms with E-state index < -0.39 is 0 Å². The second kappa shape index (κ2) is 10.6. The lowest BCUT2D eigenvalue weighted by Gasteiger charge is -2.14. The summed E-state index contributed by atoms with van der Waals surface area (Å²) in [7, 11) is 1.64. The number of rotatable bonds is 8. The minimum absolute atomic E-state index is 0.0775. The Labute approximate surface area is 204 Å². The third kappa shape index (κ3) is 4.99. The van der Waals surface area contributed by atoms with Crippen LogP contribution in [0.3, 0.4) is 0 Å². The lowest BCUT2D eigenvalue weighted by Crippen LogP contribution is -2.16. The molecule has 1 aromatic heterocycles. The fourth-order valence-corrected chi connectivity index (χ4v) is 4.55. The topological polar surface area (TPSA) is 69.0 Å². The number of ether oxygens (including phenoxy) is 1. The molecule has 7 heteroatoms. The van der Waals surface area contributed by atoms with Gasteiger partial charge in [0.25, 0.3) is 0 Å². The standard InChI is InChI=1S/C27H28N4O2S/c1-5-20-10-8-9-19(3)25(20)28-24(32)17-34-27-30-29-26(22-11-6-7-12-23(22)33-4)31(27)21-15-13-18(2)14-16-21/h6-16H,5,17H2,1-4H3,(H,28,32). The normalized spacial score (nSPS) is 10.8. The van der Waals surface area contributed by atoms with Crippen molar-refractivity contribution in [2.24, 2.45) is 0 Å². The number of thioether (sulfide) groups is 1. The molecule has 0 fully saturated rings. The zero-order valence-electron chi connectivity index (χ0n) is 19.8. The number of carbonyl (C=O) groups is 1. The lowest BCUT2D eigenvalue weighted by molar-refractivity contribution is -0.113. The Kier molecular flexibility index (Phi) is 7.33. The highest BCUT2D eigenvalue weighted by molar-refractivity contribution is 7.99. The van der Waals surface area contributed by atoms with Crippen molar-refractivity contribution in [2.75, 3.05) is 18.2 Å². The molecule has 4 aromatic rings. The van der Waals surface area contributed by atoms with E-state index in [1.807, 2.05) is 85.1 Å². The van der Waals surface area contributed by atoms with Crippen LogP contribution in [0.15, 0.2) is 71.9 Å². The molecule has 0 bridgehead atoms. The predicted octanol–water partition coefficient (Wildman–Crippen LogP) is 5.85. The molecule has 0 aliphatic rings. The van der Waals surface area contributed by atoms with Gasteiger partial charge in [0.05, 0.1) is 18.4 Å². The van der Waals surface area contributed by atoms with Crippen LogP contribution < -0.4 is 10.1 Å². The van der Waals surface area contributed by atoms with Gasteiger partial charge in [-0.05, 0) is 55.7 Å². The highest BCUT2D eigenvalue weighted by Crippen LogP contribution is 2.33. The number of benzene rings is 3. The molecule has 6 nitrogen and oxygen atoms in total. The zero-order chi connectivity index (χ0) is 24.1. The van der Waals surface area contributed by atoms with Crippen molar-refractivity contribution in [3.8, 4) is 22.8 Å². The van der Waals surface area contributed by atoms with Crippen LogP contribution >= 0.6 is 11.8 Å². The van der Waals surface area contributed by atoms with E-state index in [0.29, 0.717) is 16.7 Å². The average molecular weight is 473 g/mol. The molecule has 1 amide bonds. The van der Waals surface area contributed by atoms with Crippen LogP contribution in [-0.4, -0.2) is 33.5 Å². The molecule has 3 aromatic carbocycles. The summed E-state index contributed by atoms with van der Waals surface area (Å²) in [5.74, 6) is 1.51. The highest BCUT2D eigenvalue weighted by atomic mass is 32.2. The third-order valence-corrected chi connectivity index (χ3v) is 6.54. The predicted molar refractivity (Wildman–Crippen MR) is 138 cm³/mol. The van der Waals surface area contributed by atoms with Gasteiger partial charge in [0, 0.05) is 11.4 Å². The molecule has 0 atom stereocenters. The second-order valence-electron chi connectivity index (χ2n) is 7.98. The zero-order valence-corrected chi connectivity index (χ0v) is 20.6. The number of aromatic nitrogens is 3. The van der Waals surface area contributed by atoms with Crippen LogP contribution in [0.1, 0.15) is 23.6 Å². The van der Waals surface area contributed by atoms with Gasteiger partial charge in [-0.15, -0.1) is 10.2 Å². The first-order valence-electron chi connectivity index (χ1n) is 11.2. The number of nitrogens with zero attached hydrogens (tertiary/aromatic N) is 3. The van der Waals surface area contributed by atoms with Crippen LogP contribution in [0.25, 0.3) is 17.1 Å². The van der Waals surface area contributed by atoms with Gasteiger partial charge in [0.2, 0.25) is 5.91 Å². The summed E-state index contributed by atoms with van der Waals surface area (Å²) in [6.07, 6.45) is 0.856. The van der Waals surface area contributed by atoms with Crippen molar-refractivity contribution in [1.82, 2.24) is 14.8 Å². The molecule has 4 rings (SSSR count). The SMILES string of the molecule is CCc1cccc(C)c1NC(=O)CSc1nnc(-c2ccccc2OC)n1-c1ccc(C)cc1. The highest BCUT2D eigenvalue weighted by Gasteiger charge is 2.20. The van der Waals surface area contributed by atoms with E-state index >= 15 is 0 Å². The largest absolute Gasteiger partial charge is 0.496 e. The Hall–Kier alpha value is -3.58. The maximum absolute atomic E-state index is 12.9. The van der Waals surface area contributed by atoms with Crippen LogP contribution in [0.4, 0.5) is 5.69 Å². The van der Waals surface area contributed by atoms with Gasteiger partial charge in [-0.25, -0.2) is 0 Å². The summed E-state index contributed by atoms with van der Waals surface area (Å²) in [5.41, 5.74) is 5.99. The maximum atomic E-state index is 12.9. The Bertz CT molecular complexity index is 1300. The molecular formula is C27H28N4O2S. The van der Waals surface area contributed by atoms with Crippen LogP contribution in [-0.2, 0) is 11.2 Å². The monoisotopic (exact) mass is 472 g/mol. The smallest absolute Gasteiger partial charge is 0.234 e. The number of hydrogen-bond donors (Lipinski definition) is 1. The van der Waals surface area contributed by atoms with E-state index in [9.17, 15) is 4.79 Å². The van der Waals surface area contributed by atoms with Crippen molar-refractivity contribution >= 4 is 23.4 Å². The Morgan fingerprint density at radius 3 is 2.50 bits per heavy atom. The van der Waals surface area contributed by atoms with E-state index in [-0.39, 0.29) is 11.7 Å². The minimum Gasteiger partial charge on any atom is -0.496 e. The molecule has 34 heavy (non-hydrogen) atoms. The molecule has 1 heterocycles. The third-order valence-electron chi connectivity index (χ3n) is 5.61. The van der Waals surface area contributed by atoms with Gasteiger partial charge < -0.3 is 10.1 Å². The fourth-order valence-electron chi connectivity index (χ4n) is 3.80. The lowest BCUT2D eigenvalue weighted by atomic mass is 10.1. The average Bonchev–Trinajstić information content (AvgIpc) is 3.28. The molecule has 174 valence electrons. The molecule has 0 aliphatic carbocycles. The van der Waals surface area contributed by atoms with Gasteiger partial charge in [0.1, 0.15) is 5.75 Å². The second-order valence-corrected chi connectivity index (χ2v) is 8.92. The fraction of sp³-hybridized carbons (Fsp3) is 0.222. The van der Waals surface area contributed by atoms with E-state index in [1.54, 1.807) is 7.11 Å². The number of para-hydroxylation sites is 2. The minimum atomic E-state index is -0.0775. The van der Waals surface area contributed by atoms with Gasteiger partial charge >= 0.3 is 0 Å². The summed E-state index contributed by atoms with van der Waals surface area (Å²) in [6.45, 7) is 6.14. The molecule has 0 aliphatic heterocycles. The number of hydrogen-bond acceptors (Lipinski definition) is 5. The quantitative estimate of drug-likeness (QED) is 0.326. The number of amides is 1. The van der Waals surface area contributed by atoms with E-state index in [1.165, 1.54) is 11.8 Å². The van der Waals surface area contributed by atoms with Crippen molar-refractivity contribution in [3.63, 3.8) is 0 Å².